The summed E-state index contributed by atoms with van der Waals surface area (Å²) in [4.78, 5) is 11.1. The average molecular weight is 499 g/mol. The molecule has 0 radical (unpaired) electrons. The maximum atomic E-state index is 11.1. The van der Waals surface area contributed by atoms with Crippen LogP contribution < -0.4 is 0 Å². The van der Waals surface area contributed by atoms with Crippen molar-refractivity contribution in [2.75, 3.05) is 0 Å². The van der Waals surface area contributed by atoms with Gasteiger partial charge in [0.05, 0.1) is 12.2 Å². The quantitative estimate of drug-likeness (QED) is 0.130. The van der Waals surface area contributed by atoms with E-state index in [4.69, 9.17) is 15.3 Å². The van der Waals surface area contributed by atoms with Gasteiger partial charge in [0.15, 0.2) is 0 Å². The van der Waals surface area contributed by atoms with E-state index in [1.807, 2.05) is 0 Å². The number of hydrogen-bond donors (Lipinski definition) is 3. The molecule has 1 aliphatic rings. The van der Waals surface area contributed by atoms with E-state index in [0.29, 0.717) is 12.3 Å². The second kappa shape index (κ2) is 26.5. The van der Waals surface area contributed by atoms with Crippen molar-refractivity contribution in [1.82, 2.24) is 0 Å². The van der Waals surface area contributed by atoms with Crippen LogP contribution in [0.1, 0.15) is 174 Å². The van der Waals surface area contributed by atoms with Gasteiger partial charge in [-0.25, -0.2) is 0 Å². The fourth-order valence-corrected chi connectivity index (χ4v) is 5.14. The van der Waals surface area contributed by atoms with Gasteiger partial charge in [-0.3, -0.25) is 4.79 Å². The molecule has 1 atom stereocenters. The van der Waals surface area contributed by atoms with Gasteiger partial charge in [0.1, 0.15) is 0 Å². The predicted octanol–water partition coefficient (Wildman–Crippen LogP) is 9.20. The first-order chi connectivity index (χ1) is 17.0. The summed E-state index contributed by atoms with van der Waals surface area (Å²) in [5.74, 6) is -0.191. The summed E-state index contributed by atoms with van der Waals surface area (Å²) < 4.78 is 0. The Hall–Kier alpha value is -0.610. The molecule has 0 aliphatic heterocycles. The van der Waals surface area contributed by atoms with Crippen molar-refractivity contribution in [2.45, 2.75) is 187 Å². The lowest BCUT2D eigenvalue weighted by molar-refractivity contribution is -0.138. The molecule has 0 aromatic rings. The van der Waals surface area contributed by atoms with Crippen molar-refractivity contribution < 1.29 is 20.1 Å². The third-order valence-electron chi connectivity index (χ3n) is 7.56. The van der Waals surface area contributed by atoms with Gasteiger partial charge in [0, 0.05) is 6.42 Å². The zero-order valence-corrected chi connectivity index (χ0v) is 23.7. The predicted molar refractivity (Wildman–Crippen MR) is 150 cm³/mol. The van der Waals surface area contributed by atoms with Crippen molar-refractivity contribution in [3.8, 4) is 0 Å². The van der Waals surface area contributed by atoms with Gasteiger partial charge >= 0.3 is 5.97 Å². The highest BCUT2D eigenvalue weighted by atomic mass is 16.4. The van der Waals surface area contributed by atoms with E-state index >= 15 is 0 Å². The molecule has 210 valence electrons. The highest BCUT2D eigenvalue weighted by Gasteiger charge is 2.16. The molecular weight excluding hydrogens is 436 g/mol. The van der Waals surface area contributed by atoms with Crippen LogP contribution in [0, 0.1) is 5.92 Å². The molecule has 1 aliphatic carbocycles. The second-order valence-electron chi connectivity index (χ2n) is 11.2. The lowest BCUT2D eigenvalue weighted by atomic mass is 9.91. The van der Waals surface area contributed by atoms with E-state index in [-0.39, 0.29) is 12.2 Å². The highest BCUT2D eigenvalue weighted by Crippen LogP contribution is 2.22. The molecule has 1 unspecified atom stereocenters. The number of aliphatic hydroxyl groups excluding tert-OH is 2. The van der Waals surface area contributed by atoms with Crippen LogP contribution in [0.3, 0.4) is 0 Å². The summed E-state index contributed by atoms with van der Waals surface area (Å²) in [5.41, 5.74) is 0. The van der Waals surface area contributed by atoms with Crippen molar-refractivity contribution in [2.24, 2.45) is 5.92 Å². The first-order valence-electron chi connectivity index (χ1n) is 15.6. The highest BCUT2D eigenvalue weighted by molar-refractivity contribution is 5.66. The zero-order chi connectivity index (χ0) is 26.0. The Morgan fingerprint density at radius 2 is 0.857 bits per heavy atom. The minimum Gasteiger partial charge on any atom is -0.481 e. The number of carboxylic acid groups (broad SMARTS) is 1. The molecule has 0 amide bonds. The first kappa shape index (κ1) is 34.4. The molecule has 1 saturated carbocycles. The van der Waals surface area contributed by atoms with E-state index in [1.165, 1.54) is 116 Å². The SMILES string of the molecule is CCCCCCCCCCCCC(CCCCCCCCCC)CC(=O)O.OC1CCC(O)CC1. The summed E-state index contributed by atoms with van der Waals surface area (Å²) in [5, 5.41) is 27.0. The van der Waals surface area contributed by atoms with Crippen LogP contribution in [0.15, 0.2) is 0 Å². The van der Waals surface area contributed by atoms with Crippen molar-refractivity contribution in [1.29, 1.82) is 0 Å². The standard InChI is InChI=1S/C25H50O2.C6H12O2/c1-3-5-7-9-11-13-14-16-18-20-22-24(23-25(26)27)21-19-17-15-12-10-8-6-4-2;7-5-1-2-6(8)4-3-5/h24H,3-23H2,1-2H3,(H,26,27);5-8H,1-4H2. The molecule has 1 rings (SSSR count). The molecule has 3 N–H and O–H groups in total. The number of unbranched alkanes of at least 4 members (excludes halogenated alkanes) is 16. The van der Waals surface area contributed by atoms with Gasteiger partial charge in [-0.2, -0.15) is 0 Å². The monoisotopic (exact) mass is 498 g/mol. The van der Waals surface area contributed by atoms with E-state index < -0.39 is 5.97 Å². The summed E-state index contributed by atoms with van der Waals surface area (Å²) >= 11 is 0. The van der Waals surface area contributed by atoms with Crippen molar-refractivity contribution in [3.63, 3.8) is 0 Å². The number of aliphatic hydroxyl groups is 2. The number of rotatable bonds is 22. The maximum Gasteiger partial charge on any atom is 0.303 e. The Balaban J connectivity index is 0.00000121. The van der Waals surface area contributed by atoms with E-state index in [2.05, 4.69) is 13.8 Å². The van der Waals surface area contributed by atoms with Crippen LogP contribution in [-0.4, -0.2) is 33.5 Å². The first-order valence-corrected chi connectivity index (χ1v) is 15.6. The molecule has 0 bridgehead atoms. The van der Waals surface area contributed by atoms with Gasteiger partial charge in [-0.05, 0) is 44.4 Å². The Bertz CT molecular complexity index is 422. The number of hydrogen-bond acceptors (Lipinski definition) is 3. The number of aliphatic carboxylic acids is 1. The third kappa shape index (κ3) is 26.3. The molecule has 35 heavy (non-hydrogen) atoms. The van der Waals surface area contributed by atoms with Crippen LogP contribution in [0.4, 0.5) is 0 Å². The van der Waals surface area contributed by atoms with E-state index in [1.54, 1.807) is 0 Å². The zero-order valence-electron chi connectivity index (χ0n) is 23.7. The molecule has 0 aromatic carbocycles. The van der Waals surface area contributed by atoms with Gasteiger partial charge in [0.2, 0.25) is 0 Å². The summed E-state index contributed by atoms with van der Waals surface area (Å²) in [6.07, 6.45) is 29.7. The molecule has 0 saturated heterocycles. The largest absolute Gasteiger partial charge is 0.481 e. The van der Waals surface area contributed by atoms with Gasteiger partial charge in [-0.15, -0.1) is 0 Å². The van der Waals surface area contributed by atoms with E-state index in [0.717, 1.165) is 38.5 Å². The average Bonchev–Trinajstić information content (AvgIpc) is 2.83. The Labute approximate surface area is 218 Å². The lowest BCUT2D eigenvalue weighted by Gasteiger charge is -2.20. The van der Waals surface area contributed by atoms with Gasteiger partial charge < -0.3 is 15.3 Å². The molecule has 4 heteroatoms. The fraction of sp³-hybridized carbons (Fsp3) is 0.968. The Morgan fingerprint density at radius 3 is 1.14 bits per heavy atom. The minimum absolute atomic E-state index is 0.140. The molecule has 0 aromatic heterocycles. The van der Waals surface area contributed by atoms with Gasteiger partial charge in [-0.1, -0.05) is 129 Å². The van der Waals surface area contributed by atoms with Crippen molar-refractivity contribution in [3.05, 3.63) is 0 Å². The Kier molecular flexibility index (Phi) is 26.0. The maximum absolute atomic E-state index is 11.1. The molecule has 4 nitrogen and oxygen atoms in total. The molecule has 1 fully saturated rings. The van der Waals surface area contributed by atoms with Crippen LogP contribution in [0.2, 0.25) is 0 Å². The molecular formula is C31H62O4. The Morgan fingerprint density at radius 1 is 0.571 bits per heavy atom. The summed E-state index contributed by atoms with van der Waals surface area (Å²) in [6.45, 7) is 4.53. The fourth-order valence-electron chi connectivity index (χ4n) is 5.14. The van der Waals surface area contributed by atoms with Crippen LogP contribution in [0.5, 0.6) is 0 Å². The van der Waals surface area contributed by atoms with Crippen LogP contribution in [-0.2, 0) is 4.79 Å². The second-order valence-corrected chi connectivity index (χ2v) is 11.2. The molecule has 0 heterocycles. The summed E-state index contributed by atoms with van der Waals surface area (Å²) in [7, 11) is 0. The normalized spacial score (nSPS) is 18.6. The number of carboxylic acids is 1. The molecule has 0 spiro atoms. The lowest BCUT2D eigenvalue weighted by Crippen LogP contribution is -2.21. The minimum atomic E-state index is -0.605. The topological polar surface area (TPSA) is 77.8 Å². The van der Waals surface area contributed by atoms with Gasteiger partial charge in [0.25, 0.3) is 0 Å². The van der Waals surface area contributed by atoms with E-state index in [9.17, 15) is 4.79 Å². The smallest absolute Gasteiger partial charge is 0.303 e. The summed E-state index contributed by atoms with van der Waals surface area (Å²) in [6, 6.07) is 0. The van der Waals surface area contributed by atoms with Crippen LogP contribution >= 0.6 is 0 Å². The number of carbonyl (C=O) groups is 1. The van der Waals surface area contributed by atoms with Crippen molar-refractivity contribution >= 4 is 5.97 Å². The third-order valence-corrected chi connectivity index (χ3v) is 7.56. The van der Waals surface area contributed by atoms with Crippen LogP contribution in [0.25, 0.3) is 0 Å².